The molecule has 0 amide bonds. The third kappa shape index (κ3) is 3.42. The Labute approximate surface area is 133 Å². The normalized spacial score (nSPS) is 22.6. The van der Waals surface area contributed by atoms with Crippen molar-refractivity contribution >= 4 is 0 Å². The van der Waals surface area contributed by atoms with Crippen LogP contribution in [0.15, 0.2) is 36.4 Å². The summed E-state index contributed by atoms with van der Waals surface area (Å²) in [6, 6.07) is 4.14. The molecule has 1 saturated heterocycles. The van der Waals surface area contributed by atoms with Crippen LogP contribution in [-0.4, -0.2) is 65.1 Å². The van der Waals surface area contributed by atoms with E-state index in [-0.39, 0.29) is 5.66 Å². The molecule has 0 spiro atoms. The van der Waals surface area contributed by atoms with Crippen LogP contribution < -0.4 is 5.32 Å². The van der Waals surface area contributed by atoms with E-state index in [0.29, 0.717) is 0 Å². The average Bonchev–Trinajstić information content (AvgIpc) is 2.51. The van der Waals surface area contributed by atoms with Crippen LogP contribution in [0.3, 0.4) is 0 Å². The predicted octanol–water partition coefficient (Wildman–Crippen LogP) is 1.31. The van der Waals surface area contributed by atoms with Crippen molar-refractivity contribution in [3.63, 3.8) is 0 Å². The number of hydrogen-bond donors (Lipinski definition) is 1. The third-order valence-electron chi connectivity index (χ3n) is 4.71. The van der Waals surface area contributed by atoms with E-state index in [1.807, 2.05) is 18.5 Å². The highest BCUT2D eigenvalue weighted by molar-refractivity contribution is 5.15. The van der Waals surface area contributed by atoms with Gasteiger partial charge in [-0.05, 0) is 32.5 Å². The molecule has 5 nitrogen and oxygen atoms in total. The minimum absolute atomic E-state index is 0.0358. The quantitative estimate of drug-likeness (QED) is 0.911. The monoisotopic (exact) mass is 301 g/mol. The number of pyridine rings is 1. The van der Waals surface area contributed by atoms with Gasteiger partial charge in [0, 0.05) is 63.6 Å². The van der Waals surface area contributed by atoms with Crippen molar-refractivity contribution in [2.75, 3.05) is 39.8 Å². The van der Waals surface area contributed by atoms with Gasteiger partial charge in [-0.25, -0.2) is 0 Å². The Kier molecular flexibility index (Phi) is 4.36. The zero-order valence-electron chi connectivity index (χ0n) is 13.9. The molecule has 0 radical (unpaired) electrons. The Hall–Kier alpha value is -1.59. The van der Waals surface area contributed by atoms with E-state index < -0.39 is 0 Å². The Bertz CT molecular complexity index is 517. The Morgan fingerprint density at radius 3 is 2.68 bits per heavy atom. The first-order chi connectivity index (χ1) is 10.5. The highest BCUT2D eigenvalue weighted by Crippen LogP contribution is 2.23. The smallest absolute Gasteiger partial charge is 0.0852 e. The SMILES string of the molecule is CN1CCN(C2=CN(Cc3cccnc3)C(C)(C)NC2)CC1. The number of nitrogens with zero attached hydrogens (tertiary/aromatic N) is 4. The van der Waals surface area contributed by atoms with Crippen molar-refractivity contribution in [2.24, 2.45) is 0 Å². The molecule has 0 aromatic carbocycles. The molecule has 1 aromatic heterocycles. The van der Waals surface area contributed by atoms with E-state index in [1.54, 1.807) is 0 Å². The van der Waals surface area contributed by atoms with Crippen LogP contribution in [0, 0.1) is 0 Å². The van der Waals surface area contributed by atoms with Crippen molar-refractivity contribution in [3.8, 4) is 0 Å². The molecule has 3 rings (SSSR count). The first-order valence-electron chi connectivity index (χ1n) is 8.09. The van der Waals surface area contributed by atoms with Gasteiger partial charge in [-0.2, -0.15) is 0 Å². The lowest BCUT2D eigenvalue weighted by molar-refractivity contribution is 0.102. The summed E-state index contributed by atoms with van der Waals surface area (Å²) < 4.78 is 0. The highest BCUT2D eigenvalue weighted by atomic mass is 15.4. The van der Waals surface area contributed by atoms with Gasteiger partial charge in [0.25, 0.3) is 0 Å². The van der Waals surface area contributed by atoms with Crippen LogP contribution in [0.2, 0.25) is 0 Å². The summed E-state index contributed by atoms with van der Waals surface area (Å²) in [6.07, 6.45) is 6.12. The van der Waals surface area contributed by atoms with Crippen LogP contribution in [0.5, 0.6) is 0 Å². The summed E-state index contributed by atoms with van der Waals surface area (Å²) in [7, 11) is 2.20. The number of piperazine rings is 1. The zero-order valence-corrected chi connectivity index (χ0v) is 13.9. The molecular formula is C17H27N5. The Morgan fingerprint density at radius 1 is 1.23 bits per heavy atom. The lowest BCUT2D eigenvalue weighted by Crippen LogP contribution is -2.58. The molecule has 22 heavy (non-hydrogen) atoms. The number of aromatic nitrogens is 1. The van der Waals surface area contributed by atoms with Crippen LogP contribution in [-0.2, 0) is 6.54 Å². The van der Waals surface area contributed by atoms with Crippen LogP contribution in [0.1, 0.15) is 19.4 Å². The van der Waals surface area contributed by atoms with Crippen molar-refractivity contribution in [1.82, 2.24) is 25.0 Å². The fourth-order valence-electron chi connectivity index (χ4n) is 3.01. The molecular weight excluding hydrogens is 274 g/mol. The molecule has 0 saturated carbocycles. The predicted molar refractivity (Wildman–Crippen MR) is 89.0 cm³/mol. The third-order valence-corrected chi connectivity index (χ3v) is 4.71. The van der Waals surface area contributed by atoms with Gasteiger partial charge in [-0.3, -0.25) is 10.3 Å². The lowest BCUT2D eigenvalue weighted by atomic mass is 10.1. The Balaban J connectivity index is 1.75. The molecule has 0 aliphatic carbocycles. The van der Waals surface area contributed by atoms with Gasteiger partial charge in [0.05, 0.1) is 5.66 Å². The van der Waals surface area contributed by atoms with Crippen LogP contribution in [0.25, 0.3) is 0 Å². The van der Waals surface area contributed by atoms with E-state index in [1.165, 1.54) is 11.3 Å². The second-order valence-electron chi connectivity index (χ2n) is 6.81. The fraction of sp³-hybridized carbons (Fsp3) is 0.588. The van der Waals surface area contributed by atoms with Crippen molar-refractivity contribution < 1.29 is 0 Å². The van der Waals surface area contributed by atoms with Gasteiger partial charge in [0.15, 0.2) is 0 Å². The molecule has 0 unspecified atom stereocenters. The molecule has 0 bridgehead atoms. The molecule has 2 aliphatic heterocycles. The van der Waals surface area contributed by atoms with Gasteiger partial charge >= 0.3 is 0 Å². The van der Waals surface area contributed by atoms with Crippen molar-refractivity contribution in [3.05, 3.63) is 42.0 Å². The van der Waals surface area contributed by atoms with E-state index in [2.05, 4.69) is 58.2 Å². The maximum absolute atomic E-state index is 4.23. The van der Waals surface area contributed by atoms with Gasteiger partial charge in [0.2, 0.25) is 0 Å². The summed E-state index contributed by atoms with van der Waals surface area (Å²) in [4.78, 5) is 11.5. The standard InChI is InChI=1S/C17H27N5/c1-17(2)19-12-16(21-9-7-20(3)8-10-21)14-22(17)13-15-5-4-6-18-11-15/h4-6,11,14,19H,7-10,12-13H2,1-3H3. The van der Waals surface area contributed by atoms with E-state index in [9.17, 15) is 0 Å². The second-order valence-corrected chi connectivity index (χ2v) is 6.81. The Morgan fingerprint density at radius 2 is 2.00 bits per heavy atom. The molecule has 0 atom stereocenters. The van der Waals surface area contributed by atoms with E-state index in [0.717, 1.165) is 39.3 Å². The maximum atomic E-state index is 4.23. The summed E-state index contributed by atoms with van der Waals surface area (Å²) in [6.45, 7) is 10.8. The van der Waals surface area contributed by atoms with Crippen molar-refractivity contribution in [2.45, 2.75) is 26.1 Å². The van der Waals surface area contributed by atoms with Gasteiger partial charge in [-0.1, -0.05) is 6.07 Å². The molecule has 2 aliphatic rings. The van der Waals surface area contributed by atoms with E-state index in [4.69, 9.17) is 0 Å². The minimum Gasteiger partial charge on any atom is -0.370 e. The summed E-state index contributed by atoms with van der Waals surface area (Å²) in [5.74, 6) is 0. The molecule has 120 valence electrons. The second kappa shape index (κ2) is 6.26. The molecule has 3 heterocycles. The highest BCUT2D eigenvalue weighted by Gasteiger charge is 2.30. The minimum atomic E-state index is -0.0358. The largest absolute Gasteiger partial charge is 0.370 e. The zero-order chi connectivity index (χ0) is 15.6. The van der Waals surface area contributed by atoms with E-state index >= 15 is 0 Å². The number of likely N-dealkylation sites (N-methyl/N-ethyl adjacent to an activating group) is 1. The summed E-state index contributed by atoms with van der Waals surface area (Å²) in [5, 5.41) is 3.67. The number of rotatable bonds is 3. The first kappa shape index (κ1) is 15.3. The summed E-state index contributed by atoms with van der Waals surface area (Å²) in [5.41, 5.74) is 2.61. The maximum Gasteiger partial charge on any atom is 0.0852 e. The number of nitrogens with one attached hydrogen (secondary N) is 1. The number of hydrogen-bond acceptors (Lipinski definition) is 5. The molecule has 1 aromatic rings. The van der Waals surface area contributed by atoms with Gasteiger partial charge in [0.1, 0.15) is 0 Å². The fourth-order valence-corrected chi connectivity index (χ4v) is 3.01. The van der Waals surface area contributed by atoms with Crippen LogP contribution >= 0.6 is 0 Å². The average molecular weight is 301 g/mol. The van der Waals surface area contributed by atoms with Gasteiger partial charge in [-0.15, -0.1) is 0 Å². The van der Waals surface area contributed by atoms with Crippen LogP contribution in [0.4, 0.5) is 0 Å². The molecule has 1 fully saturated rings. The molecule has 1 N–H and O–H groups in total. The lowest BCUT2D eigenvalue weighted by Gasteiger charge is -2.46. The topological polar surface area (TPSA) is 34.6 Å². The summed E-state index contributed by atoms with van der Waals surface area (Å²) >= 11 is 0. The van der Waals surface area contributed by atoms with Gasteiger partial charge < -0.3 is 14.7 Å². The van der Waals surface area contributed by atoms with Crippen molar-refractivity contribution in [1.29, 1.82) is 0 Å². The first-order valence-corrected chi connectivity index (χ1v) is 8.09. The molecule has 5 heteroatoms.